The molecule has 0 unspecified atom stereocenters. The largest absolute Gasteiger partial charge is 0.384 e. The van der Waals surface area contributed by atoms with Crippen molar-refractivity contribution < 1.29 is 4.74 Å². The molecule has 0 amide bonds. The average molecular weight is 184 g/mol. The van der Waals surface area contributed by atoms with E-state index in [0.717, 1.165) is 18.6 Å². The maximum atomic E-state index is 5.19. The monoisotopic (exact) mass is 184 g/mol. The standard InChI is InChI=1S/C10H20N2O/c1-13-8-9-2-4-12(5-3-9)10-6-11-7-10/h9-11H,2-8H2,1H3. The molecule has 0 aromatic heterocycles. The van der Waals surface area contributed by atoms with Gasteiger partial charge in [-0.1, -0.05) is 0 Å². The fourth-order valence-electron chi connectivity index (χ4n) is 2.25. The molecule has 2 heterocycles. The van der Waals surface area contributed by atoms with Gasteiger partial charge in [0.25, 0.3) is 0 Å². The summed E-state index contributed by atoms with van der Waals surface area (Å²) in [4.78, 5) is 2.63. The first-order valence-electron chi connectivity index (χ1n) is 5.34. The molecule has 0 bridgehead atoms. The first-order valence-corrected chi connectivity index (χ1v) is 5.34. The molecule has 2 fully saturated rings. The Morgan fingerprint density at radius 1 is 1.31 bits per heavy atom. The number of methoxy groups -OCH3 is 1. The quantitative estimate of drug-likeness (QED) is 0.683. The van der Waals surface area contributed by atoms with Gasteiger partial charge in [0, 0.05) is 32.8 Å². The summed E-state index contributed by atoms with van der Waals surface area (Å²) in [6.07, 6.45) is 2.65. The zero-order valence-electron chi connectivity index (χ0n) is 8.46. The van der Waals surface area contributed by atoms with Crippen molar-refractivity contribution in [2.75, 3.05) is 39.9 Å². The van der Waals surface area contributed by atoms with Crippen molar-refractivity contribution >= 4 is 0 Å². The van der Waals surface area contributed by atoms with Gasteiger partial charge in [0.05, 0.1) is 0 Å². The zero-order valence-corrected chi connectivity index (χ0v) is 8.46. The molecule has 2 aliphatic heterocycles. The molecule has 0 aliphatic carbocycles. The van der Waals surface area contributed by atoms with Gasteiger partial charge < -0.3 is 10.1 Å². The van der Waals surface area contributed by atoms with E-state index in [1.54, 1.807) is 0 Å². The second-order valence-electron chi connectivity index (χ2n) is 4.25. The minimum Gasteiger partial charge on any atom is -0.384 e. The van der Waals surface area contributed by atoms with Crippen molar-refractivity contribution in [3.05, 3.63) is 0 Å². The Bertz CT molecular complexity index is 151. The van der Waals surface area contributed by atoms with Crippen molar-refractivity contribution in [2.24, 2.45) is 5.92 Å². The summed E-state index contributed by atoms with van der Waals surface area (Å²) < 4.78 is 5.19. The van der Waals surface area contributed by atoms with Crippen molar-refractivity contribution in [3.8, 4) is 0 Å². The molecule has 3 heteroatoms. The van der Waals surface area contributed by atoms with Crippen LogP contribution in [-0.4, -0.2) is 50.8 Å². The topological polar surface area (TPSA) is 24.5 Å². The highest BCUT2D eigenvalue weighted by Gasteiger charge is 2.28. The fraction of sp³-hybridized carbons (Fsp3) is 1.00. The summed E-state index contributed by atoms with van der Waals surface area (Å²) in [6, 6.07) is 0.837. The molecule has 1 N–H and O–H groups in total. The Hall–Kier alpha value is -0.120. The van der Waals surface area contributed by atoms with Crippen LogP contribution in [0.1, 0.15) is 12.8 Å². The van der Waals surface area contributed by atoms with Crippen LogP contribution in [0.5, 0.6) is 0 Å². The third kappa shape index (κ3) is 2.22. The van der Waals surface area contributed by atoms with Crippen LogP contribution in [-0.2, 0) is 4.74 Å². The Labute approximate surface area is 80.4 Å². The highest BCUT2D eigenvalue weighted by Crippen LogP contribution is 2.20. The predicted octanol–water partition coefficient (Wildman–Crippen LogP) is 0.317. The maximum absolute atomic E-state index is 5.19. The number of likely N-dealkylation sites (tertiary alicyclic amines) is 1. The van der Waals surface area contributed by atoms with Gasteiger partial charge in [0.2, 0.25) is 0 Å². The maximum Gasteiger partial charge on any atom is 0.0491 e. The van der Waals surface area contributed by atoms with E-state index < -0.39 is 0 Å². The van der Waals surface area contributed by atoms with Crippen LogP contribution in [0.3, 0.4) is 0 Å². The first-order chi connectivity index (χ1) is 6.40. The van der Waals surface area contributed by atoms with Crippen LogP contribution >= 0.6 is 0 Å². The summed E-state index contributed by atoms with van der Waals surface area (Å²) >= 11 is 0. The number of hydrogen-bond acceptors (Lipinski definition) is 3. The lowest BCUT2D eigenvalue weighted by atomic mass is 9.95. The van der Waals surface area contributed by atoms with E-state index in [2.05, 4.69) is 10.2 Å². The van der Waals surface area contributed by atoms with E-state index in [9.17, 15) is 0 Å². The Morgan fingerprint density at radius 3 is 2.46 bits per heavy atom. The van der Waals surface area contributed by atoms with Gasteiger partial charge in [-0.15, -0.1) is 0 Å². The van der Waals surface area contributed by atoms with Gasteiger partial charge in [0.1, 0.15) is 0 Å². The molecule has 2 saturated heterocycles. The minimum absolute atomic E-state index is 0.814. The second kappa shape index (κ2) is 4.40. The van der Waals surface area contributed by atoms with Crippen molar-refractivity contribution in [1.29, 1.82) is 0 Å². The molecule has 0 aromatic rings. The van der Waals surface area contributed by atoms with Gasteiger partial charge in [-0.25, -0.2) is 0 Å². The SMILES string of the molecule is COCC1CCN(C2CNC2)CC1. The van der Waals surface area contributed by atoms with Gasteiger partial charge >= 0.3 is 0 Å². The molecule has 2 rings (SSSR count). The normalized spacial score (nSPS) is 27.5. The molecule has 0 aromatic carbocycles. The molecule has 3 nitrogen and oxygen atoms in total. The number of ether oxygens (including phenoxy) is 1. The molecule has 0 spiro atoms. The fourth-order valence-corrected chi connectivity index (χ4v) is 2.25. The predicted molar refractivity (Wildman–Crippen MR) is 52.8 cm³/mol. The lowest BCUT2D eigenvalue weighted by molar-refractivity contribution is 0.0640. The van der Waals surface area contributed by atoms with Gasteiger partial charge in [-0.05, 0) is 31.8 Å². The number of piperidine rings is 1. The van der Waals surface area contributed by atoms with Gasteiger partial charge in [-0.3, -0.25) is 4.90 Å². The Morgan fingerprint density at radius 2 is 2.00 bits per heavy atom. The Balaban J connectivity index is 1.69. The van der Waals surface area contributed by atoms with Crippen molar-refractivity contribution in [1.82, 2.24) is 10.2 Å². The molecule has 2 aliphatic rings. The number of rotatable bonds is 3. The van der Waals surface area contributed by atoms with Crippen LogP contribution in [0, 0.1) is 5.92 Å². The number of nitrogens with one attached hydrogen (secondary N) is 1. The molecule has 0 atom stereocenters. The minimum atomic E-state index is 0.814. The van der Waals surface area contributed by atoms with Crippen molar-refractivity contribution in [2.45, 2.75) is 18.9 Å². The smallest absolute Gasteiger partial charge is 0.0491 e. The lowest BCUT2D eigenvalue weighted by Gasteiger charge is -2.42. The summed E-state index contributed by atoms with van der Waals surface area (Å²) in [6.45, 7) is 5.92. The van der Waals surface area contributed by atoms with Crippen molar-refractivity contribution in [3.63, 3.8) is 0 Å². The highest BCUT2D eigenvalue weighted by molar-refractivity contribution is 4.87. The molecular weight excluding hydrogens is 164 g/mol. The Kier molecular flexibility index (Phi) is 3.19. The van der Waals surface area contributed by atoms with E-state index in [-0.39, 0.29) is 0 Å². The number of hydrogen-bond donors (Lipinski definition) is 1. The lowest BCUT2D eigenvalue weighted by Crippen LogP contribution is -2.58. The first kappa shape index (κ1) is 9.44. The third-order valence-electron chi connectivity index (χ3n) is 3.33. The molecular formula is C10H20N2O. The third-order valence-corrected chi connectivity index (χ3v) is 3.33. The molecule has 76 valence electrons. The molecule has 13 heavy (non-hydrogen) atoms. The van der Waals surface area contributed by atoms with Gasteiger partial charge in [0.15, 0.2) is 0 Å². The number of nitrogens with zero attached hydrogens (tertiary/aromatic N) is 1. The van der Waals surface area contributed by atoms with Crippen LogP contribution in [0.2, 0.25) is 0 Å². The van der Waals surface area contributed by atoms with Crippen LogP contribution < -0.4 is 5.32 Å². The highest BCUT2D eigenvalue weighted by atomic mass is 16.5. The van der Waals surface area contributed by atoms with Crippen LogP contribution in [0.15, 0.2) is 0 Å². The van der Waals surface area contributed by atoms with E-state index in [0.29, 0.717) is 0 Å². The summed E-state index contributed by atoms with van der Waals surface area (Å²) in [7, 11) is 1.81. The van der Waals surface area contributed by atoms with E-state index in [4.69, 9.17) is 4.74 Å². The van der Waals surface area contributed by atoms with Crippen LogP contribution in [0.4, 0.5) is 0 Å². The average Bonchev–Trinajstić information content (AvgIpc) is 2.06. The van der Waals surface area contributed by atoms with E-state index >= 15 is 0 Å². The summed E-state index contributed by atoms with van der Waals surface area (Å²) in [5.41, 5.74) is 0. The summed E-state index contributed by atoms with van der Waals surface area (Å²) in [5.74, 6) is 0.814. The van der Waals surface area contributed by atoms with E-state index in [1.807, 2.05) is 7.11 Å². The molecule has 0 saturated carbocycles. The zero-order chi connectivity index (χ0) is 9.10. The summed E-state index contributed by atoms with van der Waals surface area (Å²) in [5, 5.41) is 3.33. The second-order valence-corrected chi connectivity index (χ2v) is 4.25. The molecule has 0 radical (unpaired) electrons. The van der Waals surface area contributed by atoms with Crippen LogP contribution in [0.25, 0.3) is 0 Å². The van der Waals surface area contributed by atoms with E-state index in [1.165, 1.54) is 39.0 Å². The van der Waals surface area contributed by atoms with Gasteiger partial charge in [-0.2, -0.15) is 0 Å².